The van der Waals surface area contributed by atoms with Gasteiger partial charge in [-0.2, -0.15) is 11.8 Å². The second kappa shape index (κ2) is 12.7. The van der Waals surface area contributed by atoms with Crippen LogP contribution in [-0.4, -0.2) is 63.5 Å². The Hall–Kier alpha value is -1.05. The van der Waals surface area contributed by atoms with E-state index in [2.05, 4.69) is 11.9 Å². The standard InChI is InChI=1S/C14H25NO5S/c1-11(2)13(16)15-12(5-10-21-4)14(17)20-9-8-19-7-6-18-3/h12H,1,5-10H2,2-4H3,(H,15,16)/t12-/m0/s1. The third kappa shape index (κ3) is 10.3. The highest BCUT2D eigenvalue weighted by molar-refractivity contribution is 7.98. The van der Waals surface area contributed by atoms with Crippen molar-refractivity contribution in [3.63, 3.8) is 0 Å². The summed E-state index contributed by atoms with van der Waals surface area (Å²) in [7, 11) is 1.59. The number of methoxy groups -OCH3 is 1. The lowest BCUT2D eigenvalue weighted by Gasteiger charge is -2.17. The number of carbonyl (C=O) groups is 2. The van der Waals surface area contributed by atoms with E-state index < -0.39 is 12.0 Å². The van der Waals surface area contributed by atoms with Crippen LogP contribution in [0.15, 0.2) is 12.2 Å². The van der Waals surface area contributed by atoms with E-state index >= 15 is 0 Å². The van der Waals surface area contributed by atoms with Crippen molar-refractivity contribution < 1.29 is 23.8 Å². The second-order valence-electron chi connectivity index (χ2n) is 4.36. The SMILES string of the molecule is C=C(C)C(=O)N[C@@H](CCSC)C(=O)OCCOCCOC. The highest BCUT2D eigenvalue weighted by Gasteiger charge is 2.21. The van der Waals surface area contributed by atoms with E-state index in [1.807, 2.05) is 6.26 Å². The van der Waals surface area contributed by atoms with E-state index in [0.29, 0.717) is 31.8 Å². The number of hydrogen-bond acceptors (Lipinski definition) is 6. The molecule has 1 N–H and O–H groups in total. The molecular formula is C14H25NO5S. The molecule has 0 saturated carbocycles. The highest BCUT2D eigenvalue weighted by atomic mass is 32.2. The molecule has 6 nitrogen and oxygen atoms in total. The molecule has 0 aromatic carbocycles. The summed E-state index contributed by atoms with van der Waals surface area (Å²) in [6, 6.07) is -0.652. The maximum atomic E-state index is 11.9. The first-order valence-electron chi connectivity index (χ1n) is 6.71. The van der Waals surface area contributed by atoms with Crippen LogP contribution < -0.4 is 5.32 Å². The Morgan fingerprint density at radius 3 is 2.48 bits per heavy atom. The molecule has 0 aliphatic rings. The minimum Gasteiger partial charge on any atom is -0.462 e. The first-order valence-corrected chi connectivity index (χ1v) is 8.11. The Morgan fingerprint density at radius 1 is 1.24 bits per heavy atom. The lowest BCUT2D eigenvalue weighted by Crippen LogP contribution is -2.42. The number of amides is 1. The van der Waals surface area contributed by atoms with Gasteiger partial charge in [-0.15, -0.1) is 0 Å². The number of nitrogens with one attached hydrogen (secondary N) is 1. The quantitative estimate of drug-likeness (QED) is 0.329. The monoisotopic (exact) mass is 319 g/mol. The first-order chi connectivity index (χ1) is 10.0. The van der Waals surface area contributed by atoms with Crippen LogP contribution in [-0.2, 0) is 23.8 Å². The molecule has 0 fully saturated rings. The van der Waals surface area contributed by atoms with Crippen LogP contribution in [0.4, 0.5) is 0 Å². The molecule has 122 valence electrons. The molecule has 0 bridgehead atoms. The van der Waals surface area contributed by atoms with E-state index in [9.17, 15) is 9.59 Å². The molecule has 0 saturated heterocycles. The van der Waals surface area contributed by atoms with Crippen molar-refractivity contribution in [1.29, 1.82) is 0 Å². The predicted octanol–water partition coefficient (Wildman–Crippen LogP) is 1.01. The van der Waals surface area contributed by atoms with E-state index in [1.54, 1.807) is 25.8 Å². The van der Waals surface area contributed by atoms with E-state index in [1.165, 1.54) is 0 Å². The van der Waals surface area contributed by atoms with Crippen molar-refractivity contribution in [1.82, 2.24) is 5.32 Å². The van der Waals surface area contributed by atoms with E-state index in [0.717, 1.165) is 5.75 Å². The molecule has 0 unspecified atom stereocenters. The van der Waals surface area contributed by atoms with Crippen LogP contribution >= 0.6 is 11.8 Å². The van der Waals surface area contributed by atoms with Crippen molar-refractivity contribution in [3.05, 3.63) is 12.2 Å². The highest BCUT2D eigenvalue weighted by Crippen LogP contribution is 2.04. The van der Waals surface area contributed by atoms with Gasteiger partial charge in [0, 0.05) is 12.7 Å². The molecule has 0 aliphatic heterocycles. The minimum absolute atomic E-state index is 0.154. The summed E-state index contributed by atoms with van der Waals surface area (Å²) in [6.45, 7) is 6.56. The summed E-state index contributed by atoms with van der Waals surface area (Å²) in [5.74, 6) is -0.0380. The first kappa shape index (κ1) is 19.9. The van der Waals surface area contributed by atoms with Gasteiger partial charge in [-0.3, -0.25) is 4.79 Å². The number of hydrogen-bond donors (Lipinski definition) is 1. The zero-order chi connectivity index (χ0) is 16.1. The normalized spacial score (nSPS) is 11.8. The van der Waals surface area contributed by atoms with Gasteiger partial charge in [-0.25, -0.2) is 4.79 Å². The summed E-state index contributed by atoms with van der Waals surface area (Å²) in [6.07, 6.45) is 2.45. The van der Waals surface area contributed by atoms with E-state index in [-0.39, 0.29) is 12.5 Å². The maximum Gasteiger partial charge on any atom is 0.328 e. The Morgan fingerprint density at radius 2 is 1.90 bits per heavy atom. The summed E-state index contributed by atoms with van der Waals surface area (Å²) in [5, 5.41) is 2.63. The number of carbonyl (C=O) groups excluding carboxylic acids is 2. The van der Waals surface area contributed by atoms with Gasteiger partial charge < -0.3 is 19.5 Å². The predicted molar refractivity (Wildman–Crippen MR) is 83.4 cm³/mol. The molecule has 0 spiro atoms. The molecule has 0 aromatic rings. The van der Waals surface area contributed by atoms with Gasteiger partial charge in [-0.1, -0.05) is 6.58 Å². The van der Waals surface area contributed by atoms with Gasteiger partial charge in [-0.05, 0) is 25.4 Å². The molecule has 0 aliphatic carbocycles. The van der Waals surface area contributed by atoms with Crippen LogP contribution in [0, 0.1) is 0 Å². The summed E-state index contributed by atoms with van der Waals surface area (Å²) < 4.78 is 15.1. The Labute approximate surface area is 130 Å². The molecule has 1 atom stereocenters. The zero-order valence-corrected chi connectivity index (χ0v) is 13.8. The average molecular weight is 319 g/mol. The van der Waals surface area contributed by atoms with Crippen molar-refractivity contribution in [2.45, 2.75) is 19.4 Å². The fourth-order valence-corrected chi connectivity index (χ4v) is 1.78. The lowest BCUT2D eigenvalue weighted by atomic mass is 10.2. The minimum atomic E-state index is -0.652. The Balaban J connectivity index is 4.12. The van der Waals surface area contributed by atoms with Crippen molar-refractivity contribution in [2.24, 2.45) is 0 Å². The fraction of sp³-hybridized carbons (Fsp3) is 0.714. The van der Waals surface area contributed by atoms with Crippen molar-refractivity contribution in [3.8, 4) is 0 Å². The van der Waals surface area contributed by atoms with Crippen LogP contribution in [0.3, 0.4) is 0 Å². The second-order valence-corrected chi connectivity index (χ2v) is 5.35. The van der Waals surface area contributed by atoms with Gasteiger partial charge in [0.25, 0.3) is 0 Å². The summed E-state index contributed by atoms with van der Waals surface area (Å²) >= 11 is 1.60. The number of esters is 1. The maximum absolute atomic E-state index is 11.9. The number of ether oxygens (including phenoxy) is 3. The summed E-state index contributed by atoms with van der Waals surface area (Å²) in [4.78, 5) is 23.5. The molecule has 0 radical (unpaired) electrons. The Kier molecular flexibility index (Phi) is 12.0. The topological polar surface area (TPSA) is 73.9 Å². The molecule has 0 rings (SSSR count). The van der Waals surface area contributed by atoms with Gasteiger partial charge >= 0.3 is 5.97 Å². The smallest absolute Gasteiger partial charge is 0.328 e. The van der Waals surface area contributed by atoms with Crippen LogP contribution in [0.2, 0.25) is 0 Å². The number of thioether (sulfide) groups is 1. The van der Waals surface area contributed by atoms with Crippen LogP contribution in [0.5, 0.6) is 0 Å². The molecule has 21 heavy (non-hydrogen) atoms. The average Bonchev–Trinajstić information content (AvgIpc) is 2.46. The van der Waals surface area contributed by atoms with Gasteiger partial charge in [0.15, 0.2) is 0 Å². The molecular weight excluding hydrogens is 294 g/mol. The van der Waals surface area contributed by atoms with Gasteiger partial charge in [0.05, 0.1) is 19.8 Å². The van der Waals surface area contributed by atoms with Crippen molar-refractivity contribution in [2.75, 3.05) is 45.5 Å². The van der Waals surface area contributed by atoms with Gasteiger partial charge in [0.1, 0.15) is 12.6 Å². The van der Waals surface area contributed by atoms with Crippen LogP contribution in [0.1, 0.15) is 13.3 Å². The van der Waals surface area contributed by atoms with Crippen molar-refractivity contribution >= 4 is 23.6 Å². The number of rotatable bonds is 12. The molecule has 0 aromatic heterocycles. The molecule has 7 heteroatoms. The lowest BCUT2D eigenvalue weighted by molar-refractivity contribution is -0.149. The third-order valence-corrected chi connectivity index (χ3v) is 3.14. The molecule has 1 amide bonds. The zero-order valence-electron chi connectivity index (χ0n) is 13.0. The third-order valence-electron chi connectivity index (χ3n) is 2.49. The summed E-state index contributed by atoms with van der Waals surface area (Å²) in [5.41, 5.74) is 0.361. The largest absolute Gasteiger partial charge is 0.462 e. The van der Waals surface area contributed by atoms with Crippen LogP contribution in [0.25, 0.3) is 0 Å². The Bertz CT molecular complexity index is 335. The van der Waals surface area contributed by atoms with E-state index in [4.69, 9.17) is 14.2 Å². The van der Waals surface area contributed by atoms with Gasteiger partial charge in [0.2, 0.25) is 5.91 Å². The fourth-order valence-electron chi connectivity index (χ4n) is 1.31. The molecule has 0 heterocycles.